The monoisotopic (exact) mass is 419 g/mol. The predicted molar refractivity (Wildman–Crippen MR) is 132 cm³/mol. The van der Waals surface area contributed by atoms with Crippen molar-refractivity contribution in [2.45, 2.75) is 26.2 Å². The summed E-state index contributed by atoms with van der Waals surface area (Å²) in [6.07, 6.45) is 7.64. The molecule has 158 valence electrons. The standard InChI is InChI=1S/C29H25NO2/c1-19-6-15-24(16-7-19)30-27-5-3-4-25(27)26-18-22(12-17-28(26)30)9-8-21-10-13-23(14-11-21)20(2)29(31)32/h6-18H,2-5H2,1H3,(H,31,32). The van der Waals surface area contributed by atoms with E-state index < -0.39 is 5.97 Å². The molecule has 0 spiro atoms. The molecule has 32 heavy (non-hydrogen) atoms. The molecule has 0 saturated carbocycles. The Balaban J connectivity index is 1.48. The van der Waals surface area contributed by atoms with E-state index in [0.29, 0.717) is 5.56 Å². The number of aryl methyl sites for hydroxylation is 2. The first-order valence-corrected chi connectivity index (χ1v) is 11.0. The summed E-state index contributed by atoms with van der Waals surface area (Å²) < 4.78 is 2.43. The first-order chi connectivity index (χ1) is 15.5. The maximum Gasteiger partial charge on any atom is 0.335 e. The van der Waals surface area contributed by atoms with Crippen molar-refractivity contribution < 1.29 is 9.90 Å². The largest absolute Gasteiger partial charge is 0.478 e. The van der Waals surface area contributed by atoms with Crippen LogP contribution in [0, 0.1) is 6.92 Å². The van der Waals surface area contributed by atoms with Crippen LogP contribution in [0.15, 0.2) is 73.3 Å². The van der Waals surface area contributed by atoms with Crippen molar-refractivity contribution >= 4 is 34.6 Å². The van der Waals surface area contributed by atoms with E-state index in [2.05, 4.69) is 72.7 Å². The van der Waals surface area contributed by atoms with Crippen LogP contribution in [-0.4, -0.2) is 15.6 Å². The Kier molecular flexibility index (Phi) is 5.02. The molecule has 3 aromatic carbocycles. The van der Waals surface area contributed by atoms with Gasteiger partial charge in [0.15, 0.2) is 0 Å². The zero-order chi connectivity index (χ0) is 22.2. The molecule has 0 fully saturated rings. The lowest BCUT2D eigenvalue weighted by Gasteiger charge is -2.10. The summed E-state index contributed by atoms with van der Waals surface area (Å²) in [4.78, 5) is 11.1. The molecule has 0 atom stereocenters. The molecule has 1 aromatic heterocycles. The molecular weight excluding hydrogens is 394 g/mol. The number of nitrogens with zero attached hydrogens (tertiary/aromatic N) is 1. The van der Waals surface area contributed by atoms with E-state index in [1.54, 1.807) is 12.1 Å². The summed E-state index contributed by atoms with van der Waals surface area (Å²) in [5.41, 5.74) is 9.62. The van der Waals surface area contributed by atoms with Gasteiger partial charge in [0.25, 0.3) is 0 Å². The Labute approximate surface area is 188 Å². The number of carbonyl (C=O) groups is 1. The molecule has 1 N–H and O–H groups in total. The van der Waals surface area contributed by atoms with E-state index in [0.717, 1.165) is 24.0 Å². The van der Waals surface area contributed by atoms with Crippen molar-refractivity contribution in [3.05, 3.63) is 107 Å². The Bertz CT molecular complexity index is 1370. The lowest BCUT2D eigenvalue weighted by atomic mass is 10.0. The van der Waals surface area contributed by atoms with E-state index in [1.807, 2.05) is 12.1 Å². The average Bonchev–Trinajstić information content (AvgIpc) is 3.39. The molecule has 0 amide bonds. The minimum Gasteiger partial charge on any atom is -0.478 e. The van der Waals surface area contributed by atoms with Crippen LogP contribution >= 0.6 is 0 Å². The van der Waals surface area contributed by atoms with Crippen molar-refractivity contribution in [1.29, 1.82) is 0 Å². The number of aromatic nitrogens is 1. The summed E-state index contributed by atoms with van der Waals surface area (Å²) in [7, 11) is 0. The third-order valence-electron chi connectivity index (χ3n) is 6.32. The van der Waals surface area contributed by atoms with Gasteiger partial charge >= 0.3 is 5.97 Å². The topological polar surface area (TPSA) is 42.2 Å². The average molecular weight is 420 g/mol. The van der Waals surface area contributed by atoms with Gasteiger partial charge in [-0.2, -0.15) is 0 Å². The number of carboxylic acid groups (broad SMARTS) is 1. The fourth-order valence-electron chi connectivity index (χ4n) is 4.60. The summed E-state index contributed by atoms with van der Waals surface area (Å²) in [6, 6.07) is 22.9. The van der Waals surface area contributed by atoms with Crippen LogP contribution in [0.25, 0.3) is 34.3 Å². The maximum absolute atomic E-state index is 11.1. The minimum absolute atomic E-state index is 0.109. The zero-order valence-corrected chi connectivity index (χ0v) is 18.1. The molecule has 1 aliphatic carbocycles. The summed E-state index contributed by atoms with van der Waals surface area (Å²) >= 11 is 0. The molecule has 5 rings (SSSR count). The summed E-state index contributed by atoms with van der Waals surface area (Å²) in [5.74, 6) is -0.994. The predicted octanol–water partition coefficient (Wildman–Crippen LogP) is 6.70. The zero-order valence-electron chi connectivity index (χ0n) is 18.1. The highest BCUT2D eigenvalue weighted by Crippen LogP contribution is 2.36. The fourth-order valence-corrected chi connectivity index (χ4v) is 4.60. The molecule has 4 aromatic rings. The van der Waals surface area contributed by atoms with Crippen LogP contribution in [0.2, 0.25) is 0 Å². The second kappa shape index (κ2) is 8.01. The van der Waals surface area contributed by atoms with E-state index in [4.69, 9.17) is 5.11 Å². The number of rotatable bonds is 5. The first-order valence-electron chi connectivity index (χ1n) is 11.0. The molecule has 1 aliphatic rings. The second-order valence-corrected chi connectivity index (χ2v) is 8.47. The molecule has 0 aliphatic heterocycles. The van der Waals surface area contributed by atoms with E-state index >= 15 is 0 Å². The van der Waals surface area contributed by atoms with Gasteiger partial charge in [-0.05, 0) is 72.7 Å². The molecule has 0 bridgehead atoms. The normalized spacial score (nSPS) is 13.0. The second-order valence-electron chi connectivity index (χ2n) is 8.47. The van der Waals surface area contributed by atoms with Crippen LogP contribution in [0.4, 0.5) is 0 Å². The lowest BCUT2D eigenvalue weighted by molar-refractivity contribution is -0.130. The third kappa shape index (κ3) is 3.56. The molecule has 0 saturated heterocycles. The van der Waals surface area contributed by atoms with Crippen molar-refractivity contribution in [3.63, 3.8) is 0 Å². The van der Waals surface area contributed by atoms with Gasteiger partial charge in [-0.25, -0.2) is 4.79 Å². The number of benzene rings is 3. The smallest absolute Gasteiger partial charge is 0.335 e. The highest BCUT2D eigenvalue weighted by atomic mass is 16.4. The van der Waals surface area contributed by atoms with Crippen LogP contribution in [0.5, 0.6) is 0 Å². The third-order valence-corrected chi connectivity index (χ3v) is 6.32. The molecule has 0 unspecified atom stereocenters. The van der Waals surface area contributed by atoms with Crippen LogP contribution < -0.4 is 0 Å². The maximum atomic E-state index is 11.1. The van der Waals surface area contributed by atoms with Gasteiger partial charge in [-0.1, -0.05) is 66.8 Å². The van der Waals surface area contributed by atoms with Gasteiger partial charge < -0.3 is 9.67 Å². The van der Waals surface area contributed by atoms with Crippen molar-refractivity contribution in [1.82, 2.24) is 4.57 Å². The van der Waals surface area contributed by atoms with Gasteiger partial charge in [0.1, 0.15) is 0 Å². The van der Waals surface area contributed by atoms with Gasteiger partial charge in [-0.3, -0.25) is 0 Å². The Morgan fingerprint density at radius 3 is 2.34 bits per heavy atom. The molecule has 0 radical (unpaired) electrons. The van der Waals surface area contributed by atoms with Gasteiger partial charge in [0, 0.05) is 16.8 Å². The van der Waals surface area contributed by atoms with E-state index in [9.17, 15) is 4.79 Å². The van der Waals surface area contributed by atoms with Gasteiger partial charge in [-0.15, -0.1) is 0 Å². The minimum atomic E-state index is -0.994. The molecule has 1 heterocycles. The van der Waals surface area contributed by atoms with Gasteiger partial charge in [0.05, 0.1) is 11.1 Å². The highest BCUT2D eigenvalue weighted by molar-refractivity contribution is 6.14. The lowest BCUT2D eigenvalue weighted by Crippen LogP contribution is -1.98. The van der Waals surface area contributed by atoms with Crippen LogP contribution in [0.1, 0.15) is 39.9 Å². The van der Waals surface area contributed by atoms with Crippen LogP contribution in [-0.2, 0) is 17.6 Å². The summed E-state index contributed by atoms with van der Waals surface area (Å²) in [5, 5.41) is 10.4. The number of aliphatic carboxylic acids is 1. The van der Waals surface area contributed by atoms with E-state index in [-0.39, 0.29) is 5.57 Å². The van der Waals surface area contributed by atoms with Crippen molar-refractivity contribution in [2.75, 3.05) is 0 Å². The summed E-state index contributed by atoms with van der Waals surface area (Å²) in [6.45, 7) is 5.74. The molecule has 3 nitrogen and oxygen atoms in total. The Morgan fingerprint density at radius 1 is 0.938 bits per heavy atom. The Hall–Kier alpha value is -3.85. The SMILES string of the molecule is C=C(C(=O)O)c1ccc(C=Cc2ccc3c(c2)c2c(n3-c3ccc(C)cc3)CCC2)cc1. The number of fused-ring (bicyclic) bond motifs is 3. The van der Waals surface area contributed by atoms with Crippen molar-refractivity contribution in [2.24, 2.45) is 0 Å². The number of carboxylic acids is 1. The van der Waals surface area contributed by atoms with Crippen molar-refractivity contribution in [3.8, 4) is 5.69 Å². The van der Waals surface area contributed by atoms with E-state index in [1.165, 1.54) is 39.8 Å². The van der Waals surface area contributed by atoms with Gasteiger partial charge in [0.2, 0.25) is 0 Å². The molecule has 3 heteroatoms. The number of hydrogen-bond donors (Lipinski definition) is 1. The molecular formula is C29H25NO2. The fraction of sp³-hybridized carbons (Fsp3) is 0.138. The Morgan fingerprint density at radius 2 is 1.62 bits per heavy atom. The van der Waals surface area contributed by atoms with Crippen LogP contribution in [0.3, 0.4) is 0 Å². The number of hydrogen-bond acceptors (Lipinski definition) is 1. The highest BCUT2D eigenvalue weighted by Gasteiger charge is 2.22. The quantitative estimate of drug-likeness (QED) is 0.289. The first kappa shape index (κ1) is 20.1.